The first-order valence-electron chi connectivity index (χ1n) is 6.58. The Kier molecular flexibility index (Phi) is 3.52. The van der Waals surface area contributed by atoms with E-state index in [4.69, 9.17) is 5.73 Å². The summed E-state index contributed by atoms with van der Waals surface area (Å²) < 4.78 is 0. The minimum Gasteiger partial charge on any atom is -0.398 e. The van der Waals surface area contributed by atoms with Gasteiger partial charge in [0.1, 0.15) is 5.01 Å². The van der Waals surface area contributed by atoms with Gasteiger partial charge in [-0.1, -0.05) is 6.92 Å². The quantitative estimate of drug-likeness (QED) is 0.715. The lowest BCUT2D eigenvalue weighted by Crippen LogP contribution is -2.10. The molecule has 4 nitrogen and oxygen atoms in total. The Labute approximate surface area is 121 Å². The van der Waals surface area contributed by atoms with Gasteiger partial charge in [0.25, 0.3) is 0 Å². The van der Waals surface area contributed by atoms with Crippen LogP contribution in [0.15, 0.2) is 42.0 Å². The molecule has 0 spiro atoms. The van der Waals surface area contributed by atoms with Gasteiger partial charge >= 0.3 is 0 Å². The van der Waals surface area contributed by atoms with E-state index in [9.17, 15) is 0 Å². The number of thiazole rings is 1. The molecule has 0 aliphatic carbocycles. The highest BCUT2D eigenvalue weighted by atomic mass is 32.1. The number of hydrogen-bond acceptors (Lipinski definition) is 5. The minimum atomic E-state index is 0.198. The van der Waals surface area contributed by atoms with Crippen LogP contribution in [-0.4, -0.2) is 9.97 Å². The molecule has 1 atom stereocenters. The van der Waals surface area contributed by atoms with Crippen LogP contribution in [0.3, 0.4) is 0 Å². The number of hydrogen-bond donors (Lipinski definition) is 2. The molecule has 3 rings (SSSR count). The van der Waals surface area contributed by atoms with Crippen molar-refractivity contribution < 1.29 is 0 Å². The van der Waals surface area contributed by atoms with E-state index in [1.165, 1.54) is 0 Å². The van der Waals surface area contributed by atoms with Crippen LogP contribution < -0.4 is 11.1 Å². The summed E-state index contributed by atoms with van der Waals surface area (Å²) in [7, 11) is 0. The van der Waals surface area contributed by atoms with Crippen LogP contribution in [0, 0.1) is 0 Å². The van der Waals surface area contributed by atoms with Crippen LogP contribution in [0.2, 0.25) is 0 Å². The molecule has 102 valence electrons. The summed E-state index contributed by atoms with van der Waals surface area (Å²) in [6, 6.07) is 8.00. The number of fused-ring (bicyclic) bond motifs is 1. The largest absolute Gasteiger partial charge is 0.398 e. The molecule has 3 aromatic rings. The van der Waals surface area contributed by atoms with Gasteiger partial charge in [0.05, 0.1) is 17.2 Å². The monoisotopic (exact) mass is 284 g/mol. The maximum absolute atomic E-state index is 6.00. The SMILES string of the molecule is CCC(Nc1ccc(N)c2cccnc12)c1nccs1. The number of nitrogens with two attached hydrogens (primary N) is 1. The number of benzene rings is 1. The highest BCUT2D eigenvalue weighted by molar-refractivity contribution is 7.09. The summed E-state index contributed by atoms with van der Waals surface area (Å²) in [6.07, 6.45) is 4.59. The molecule has 2 heterocycles. The third-order valence-corrected chi connectivity index (χ3v) is 4.18. The van der Waals surface area contributed by atoms with Gasteiger partial charge in [-0.15, -0.1) is 11.3 Å². The van der Waals surface area contributed by atoms with Gasteiger partial charge in [-0.3, -0.25) is 4.98 Å². The first kappa shape index (κ1) is 12.9. The summed E-state index contributed by atoms with van der Waals surface area (Å²) in [5.74, 6) is 0. The first-order chi connectivity index (χ1) is 9.79. The summed E-state index contributed by atoms with van der Waals surface area (Å²) in [6.45, 7) is 2.14. The van der Waals surface area contributed by atoms with Crippen molar-refractivity contribution in [1.82, 2.24) is 9.97 Å². The Morgan fingerprint density at radius 2 is 2.15 bits per heavy atom. The van der Waals surface area contributed by atoms with Crippen molar-refractivity contribution in [3.8, 4) is 0 Å². The standard InChI is InChI=1S/C15H16N4S/c1-2-12(15-18-8-9-20-15)19-13-6-5-11(16)10-4-3-7-17-14(10)13/h3-9,12,19H,2,16H2,1H3. The predicted octanol–water partition coefficient (Wildman–Crippen LogP) is 3.84. The van der Waals surface area contributed by atoms with Gasteiger partial charge in [0, 0.05) is 28.8 Å². The first-order valence-corrected chi connectivity index (χ1v) is 7.46. The fourth-order valence-corrected chi connectivity index (χ4v) is 3.02. The molecule has 3 N–H and O–H groups in total. The molecule has 0 radical (unpaired) electrons. The molecule has 0 amide bonds. The van der Waals surface area contributed by atoms with Crippen LogP contribution in [-0.2, 0) is 0 Å². The van der Waals surface area contributed by atoms with Crippen molar-refractivity contribution in [3.05, 3.63) is 47.0 Å². The second-order valence-electron chi connectivity index (χ2n) is 4.58. The average molecular weight is 284 g/mol. The summed E-state index contributed by atoms with van der Waals surface area (Å²) in [5.41, 5.74) is 8.66. The molecule has 0 saturated heterocycles. The van der Waals surface area contributed by atoms with Crippen LogP contribution in [0.5, 0.6) is 0 Å². The third kappa shape index (κ3) is 2.32. The van der Waals surface area contributed by atoms with Crippen molar-refractivity contribution >= 4 is 33.6 Å². The van der Waals surface area contributed by atoms with Gasteiger partial charge in [-0.05, 0) is 30.7 Å². The van der Waals surface area contributed by atoms with Crippen molar-refractivity contribution in [2.24, 2.45) is 0 Å². The van der Waals surface area contributed by atoms with E-state index < -0.39 is 0 Å². The maximum Gasteiger partial charge on any atom is 0.115 e. The molecule has 1 unspecified atom stereocenters. The molecule has 20 heavy (non-hydrogen) atoms. The van der Waals surface area contributed by atoms with E-state index >= 15 is 0 Å². The number of rotatable bonds is 4. The molecule has 0 fully saturated rings. The number of nitrogens with one attached hydrogen (secondary N) is 1. The van der Waals surface area contributed by atoms with Crippen molar-refractivity contribution in [2.45, 2.75) is 19.4 Å². The topological polar surface area (TPSA) is 63.8 Å². The Bertz CT molecular complexity index is 709. The summed E-state index contributed by atoms with van der Waals surface area (Å²) >= 11 is 1.66. The molecule has 0 aliphatic rings. The fourth-order valence-electron chi connectivity index (χ4n) is 2.24. The lowest BCUT2D eigenvalue weighted by Gasteiger charge is -2.17. The lowest BCUT2D eigenvalue weighted by atomic mass is 10.1. The third-order valence-electron chi connectivity index (χ3n) is 3.29. The second-order valence-corrected chi connectivity index (χ2v) is 5.50. The van der Waals surface area contributed by atoms with E-state index in [0.717, 1.165) is 33.7 Å². The van der Waals surface area contributed by atoms with Gasteiger partial charge in [0.15, 0.2) is 0 Å². The summed E-state index contributed by atoms with van der Waals surface area (Å²) in [5, 5.41) is 7.60. The van der Waals surface area contributed by atoms with Gasteiger partial charge in [0.2, 0.25) is 0 Å². The van der Waals surface area contributed by atoms with Gasteiger partial charge in [-0.25, -0.2) is 4.98 Å². The van der Waals surface area contributed by atoms with Crippen LogP contribution >= 0.6 is 11.3 Å². The van der Waals surface area contributed by atoms with Crippen LogP contribution in [0.25, 0.3) is 10.9 Å². The van der Waals surface area contributed by atoms with Crippen molar-refractivity contribution in [3.63, 3.8) is 0 Å². The Balaban J connectivity index is 2.00. The van der Waals surface area contributed by atoms with Gasteiger partial charge < -0.3 is 11.1 Å². The van der Waals surface area contributed by atoms with E-state index in [1.54, 1.807) is 17.5 Å². The van der Waals surface area contributed by atoms with E-state index in [0.29, 0.717) is 0 Å². The molecule has 0 saturated carbocycles. The van der Waals surface area contributed by atoms with Crippen LogP contribution in [0.4, 0.5) is 11.4 Å². The smallest absolute Gasteiger partial charge is 0.115 e. The van der Waals surface area contributed by atoms with E-state index in [2.05, 4.69) is 22.2 Å². The highest BCUT2D eigenvalue weighted by Crippen LogP contribution is 2.30. The minimum absolute atomic E-state index is 0.198. The van der Waals surface area contributed by atoms with Gasteiger partial charge in [-0.2, -0.15) is 0 Å². The Morgan fingerprint density at radius 1 is 1.25 bits per heavy atom. The zero-order valence-electron chi connectivity index (χ0n) is 11.2. The Morgan fingerprint density at radius 3 is 2.90 bits per heavy atom. The molecule has 5 heteroatoms. The maximum atomic E-state index is 6.00. The molecule has 1 aromatic carbocycles. The predicted molar refractivity (Wildman–Crippen MR) is 84.9 cm³/mol. The normalized spacial score (nSPS) is 12.4. The molecule has 2 aromatic heterocycles. The average Bonchev–Trinajstić information content (AvgIpc) is 3.01. The zero-order chi connectivity index (χ0) is 13.9. The van der Waals surface area contributed by atoms with Crippen molar-refractivity contribution in [2.75, 3.05) is 11.1 Å². The number of pyridine rings is 1. The number of nitrogen functional groups attached to an aromatic ring is 1. The lowest BCUT2D eigenvalue weighted by molar-refractivity contribution is 0.743. The van der Waals surface area contributed by atoms with E-state index in [-0.39, 0.29) is 6.04 Å². The number of aromatic nitrogens is 2. The second kappa shape index (κ2) is 5.46. The fraction of sp³-hybridized carbons (Fsp3) is 0.200. The summed E-state index contributed by atoms with van der Waals surface area (Å²) in [4.78, 5) is 8.84. The molecular weight excluding hydrogens is 268 g/mol. The number of nitrogens with zero attached hydrogens (tertiary/aromatic N) is 2. The molecular formula is C15H16N4S. The van der Waals surface area contributed by atoms with E-state index in [1.807, 2.05) is 35.8 Å². The Hall–Kier alpha value is -2.14. The zero-order valence-corrected chi connectivity index (χ0v) is 12.0. The molecule has 0 bridgehead atoms. The highest BCUT2D eigenvalue weighted by Gasteiger charge is 2.14. The van der Waals surface area contributed by atoms with Crippen molar-refractivity contribution in [1.29, 1.82) is 0 Å². The number of anilines is 2. The van der Waals surface area contributed by atoms with Crippen LogP contribution in [0.1, 0.15) is 24.4 Å². The molecule has 0 aliphatic heterocycles.